The maximum atomic E-state index is 12.5. The highest BCUT2D eigenvalue weighted by molar-refractivity contribution is 6.09. The molecule has 1 aliphatic heterocycles. The van der Waals surface area contributed by atoms with E-state index in [1.54, 1.807) is 44.2 Å². The number of rotatable bonds is 4. The lowest BCUT2D eigenvalue weighted by Gasteiger charge is -2.27. The molecule has 20 heavy (non-hydrogen) atoms. The maximum absolute atomic E-state index is 12.5. The lowest BCUT2D eigenvalue weighted by Crippen LogP contribution is -2.51. The molecular weight excluding hydrogens is 260 g/mol. The van der Waals surface area contributed by atoms with Gasteiger partial charge in [-0.2, -0.15) is 0 Å². The molecule has 3 amide bonds. The Hall–Kier alpha value is -2.37. The Kier molecular flexibility index (Phi) is 3.48. The second kappa shape index (κ2) is 4.96. The molecule has 2 unspecified atom stereocenters. The first-order chi connectivity index (χ1) is 9.41. The van der Waals surface area contributed by atoms with Crippen molar-refractivity contribution in [2.45, 2.75) is 31.8 Å². The van der Waals surface area contributed by atoms with E-state index in [1.807, 2.05) is 0 Å². The average Bonchev–Trinajstić information content (AvgIpc) is 2.65. The number of nitrogens with zero attached hydrogens (tertiary/aromatic N) is 1. The van der Waals surface area contributed by atoms with Crippen LogP contribution in [0.3, 0.4) is 0 Å². The highest BCUT2D eigenvalue weighted by Crippen LogP contribution is 2.30. The van der Waals surface area contributed by atoms with Crippen LogP contribution in [-0.4, -0.2) is 28.8 Å². The molecule has 1 aliphatic rings. The molecule has 2 atom stereocenters. The number of hydrogen-bond donors (Lipinski definition) is 1. The summed E-state index contributed by atoms with van der Waals surface area (Å²) in [4.78, 5) is 36.3. The maximum Gasteiger partial charge on any atom is 0.325 e. The van der Waals surface area contributed by atoms with Crippen molar-refractivity contribution in [3.63, 3.8) is 0 Å². The first-order valence-corrected chi connectivity index (χ1v) is 6.34. The van der Waals surface area contributed by atoms with Crippen molar-refractivity contribution >= 4 is 17.9 Å². The van der Waals surface area contributed by atoms with Crippen LogP contribution >= 0.6 is 0 Å². The van der Waals surface area contributed by atoms with Gasteiger partial charge in [0.05, 0.1) is 12.0 Å². The van der Waals surface area contributed by atoms with Crippen LogP contribution in [0.2, 0.25) is 0 Å². The minimum atomic E-state index is -1.44. The number of benzene rings is 1. The number of nitrogens with one attached hydrogen (secondary N) is 1. The van der Waals surface area contributed by atoms with Crippen LogP contribution in [0.5, 0.6) is 0 Å². The van der Waals surface area contributed by atoms with Crippen molar-refractivity contribution in [2.75, 3.05) is 0 Å². The minimum Gasteiger partial charge on any atom is -0.548 e. The molecule has 0 aromatic heterocycles. The van der Waals surface area contributed by atoms with Crippen LogP contribution in [-0.2, 0) is 15.1 Å². The van der Waals surface area contributed by atoms with Gasteiger partial charge in [0.25, 0.3) is 5.91 Å². The van der Waals surface area contributed by atoms with Crippen molar-refractivity contribution in [3.05, 3.63) is 35.9 Å². The van der Waals surface area contributed by atoms with E-state index in [2.05, 4.69) is 5.32 Å². The van der Waals surface area contributed by atoms with Gasteiger partial charge in [0, 0.05) is 0 Å². The SMILES string of the molecule is CCC(C(=O)[O-])N1C(=O)NC(C)(c2ccccc2)C1=O. The van der Waals surface area contributed by atoms with Gasteiger partial charge in [-0.15, -0.1) is 0 Å². The molecule has 1 saturated heterocycles. The average molecular weight is 275 g/mol. The predicted molar refractivity (Wildman–Crippen MR) is 68.3 cm³/mol. The van der Waals surface area contributed by atoms with Crippen LogP contribution in [0, 0.1) is 0 Å². The summed E-state index contributed by atoms with van der Waals surface area (Å²) in [5.41, 5.74) is -0.643. The number of carboxylic acids is 1. The molecule has 0 bridgehead atoms. The molecule has 6 nitrogen and oxygen atoms in total. The van der Waals surface area contributed by atoms with Crippen molar-refractivity contribution in [2.24, 2.45) is 0 Å². The van der Waals surface area contributed by atoms with Crippen molar-refractivity contribution < 1.29 is 19.5 Å². The van der Waals surface area contributed by atoms with Gasteiger partial charge in [-0.05, 0) is 18.9 Å². The zero-order valence-corrected chi connectivity index (χ0v) is 11.3. The number of urea groups is 1. The van der Waals surface area contributed by atoms with E-state index in [1.165, 1.54) is 0 Å². The monoisotopic (exact) mass is 275 g/mol. The van der Waals surface area contributed by atoms with E-state index in [9.17, 15) is 19.5 Å². The van der Waals surface area contributed by atoms with Gasteiger partial charge >= 0.3 is 6.03 Å². The summed E-state index contributed by atoms with van der Waals surface area (Å²) in [6, 6.07) is 6.74. The fraction of sp³-hybridized carbons (Fsp3) is 0.357. The Labute approximate surface area is 116 Å². The summed E-state index contributed by atoms with van der Waals surface area (Å²) < 4.78 is 0. The van der Waals surface area contributed by atoms with Crippen molar-refractivity contribution in [1.29, 1.82) is 0 Å². The van der Waals surface area contributed by atoms with Crippen LogP contribution < -0.4 is 10.4 Å². The van der Waals surface area contributed by atoms with Gasteiger partial charge in [-0.3, -0.25) is 9.69 Å². The first-order valence-electron chi connectivity index (χ1n) is 6.34. The Morgan fingerprint density at radius 2 is 1.95 bits per heavy atom. The minimum absolute atomic E-state index is 0.104. The predicted octanol–water partition coefficient (Wildman–Crippen LogP) is -0.0179. The second-order valence-corrected chi connectivity index (χ2v) is 4.84. The van der Waals surface area contributed by atoms with E-state index in [4.69, 9.17) is 0 Å². The first kappa shape index (κ1) is 14.0. The van der Waals surface area contributed by atoms with Crippen LogP contribution in [0.4, 0.5) is 4.79 Å². The summed E-state index contributed by atoms with van der Waals surface area (Å²) in [6.07, 6.45) is 0.104. The zero-order chi connectivity index (χ0) is 14.9. The Bertz CT molecular complexity index is 558. The van der Waals surface area contributed by atoms with Crippen LogP contribution in [0.15, 0.2) is 30.3 Å². The molecule has 106 valence electrons. The third-order valence-corrected chi connectivity index (χ3v) is 3.54. The second-order valence-electron chi connectivity index (χ2n) is 4.84. The van der Waals surface area contributed by atoms with Crippen LogP contribution in [0.1, 0.15) is 25.8 Å². The summed E-state index contributed by atoms with van der Waals surface area (Å²) in [7, 11) is 0. The summed E-state index contributed by atoms with van der Waals surface area (Å²) in [6.45, 7) is 3.14. The largest absolute Gasteiger partial charge is 0.548 e. The number of carboxylic acid groups (broad SMARTS) is 1. The van der Waals surface area contributed by atoms with Crippen molar-refractivity contribution in [1.82, 2.24) is 10.2 Å². The van der Waals surface area contributed by atoms with Crippen molar-refractivity contribution in [3.8, 4) is 0 Å². The molecule has 1 fully saturated rings. The van der Waals surface area contributed by atoms with E-state index in [0.717, 1.165) is 4.90 Å². The molecule has 1 aromatic rings. The topological polar surface area (TPSA) is 89.5 Å². The highest BCUT2D eigenvalue weighted by Gasteiger charge is 2.51. The lowest BCUT2D eigenvalue weighted by atomic mass is 9.92. The smallest absolute Gasteiger partial charge is 0.325 e. The van der Waals surface area contributed by atoms with Gasteiger partial charge in [0.1, 0.15) is 5.54 Å². The summed E-state index contributed by atoms with van der Waals surface area (Å²) in [5.74, 6) is -2.02. The van der Waals surface area contributed by atoms with Gasteiger partial charge in [0.2, 0.25) is 0 Å². The fourth-order valence-electron chi connectivity index (χ4n) is 2.37. The summed E-state index contributed by atoms with van der Waals surface area (Å²) in [5, 5.41) is 13.6. The molecular formula is C14H15N2O4-. The van der Waals surface area contributed by atoms with Gasteiger partial charge in [-0.25, -0.2) is 4.79 Å². The number of amides is 3. The van der Waals surface area contributed by atoms with Gasteiger partial charge in [-0.1, -0.05) is 37.3 Å². The van der Waals surface area contributed by atoms with Gasteiger partial charge in [0.15, 0.2) is 0 Å². The highest BCUT2D eigenvalue weighted by atomic mass is 16.4. The molecule has 0 aliphatic carbocycles. The third kappa shape index (κ3) is 2.03. The number of hydrogen-bond acceptors (Lipinski definition) is 4. The van der Waals surface area contributed by atoms with Crippen LogP contribution in [0.25, 0.3) is 0 Å². The summed E-state index contributed by atoms with van der Waals surface area (Å²) >= 11 is 0. The molecule has 0 spiro atoms. The van der Waals surface area contributed by atoms with E-state index < -0.39 is 29.5 Å². The Morgan fingerprint density at radius 3 is 2.45 bits per heavy atom. The lowest BCUT2D eigenvalue weighted by molar-refractivity contribution is -0.310. The molecule has 2 rings (SSSR count). The fourth-order valence-corrected chi connectivity index (χ4v) is 2.37. The molecule has 1 heterocycles. The van der Waals surface area contributed by atoms with E-state index >= 15 is 0 Å². The normalized spacial score (nSPS) is 23.6. The number of carbonyl (C=O) groups is 3. The van der Waals surface area contributed by atoms with E-state index in [0.29, 0.717) is 5.56 Å². The van der Waals surface area contributed by atoms with Gasteiger partial charge < -0.3 is 15.2 Å². The van der Waals surface area contributed by atoms with E-state index in [-0.39, 0.29) is 6.42 Å². The molecule has 1 N–H and O–H groups in total. The third-order valence-electron chi connectivity index (χ3n) is 3.54. The molecule has 1 aromatic carbocycles. The Morgan fingerprint density at radius 1 is 1.35 bits per heavy atom. The standard InChI is InChI=1S/C14H16N2O4/c1-3-10(11(17)18)16-12(19)14(2,15-13(16)20)9-7-5-4-6-8-9/h4-8,10H,3H2,1-2H3,(H,15,20)(H,17,18)/p-1. The molecule has 6 heteroatoms. The quantitative estimate of drug-likeness (QED) is 0.782. The zero-order valence-electron chi connectivity index (χ0n) is 11.3. The number of carbonyl (C=O) groups excluding carboxylic acids is 3. The number of aliphatic carboxylic acids is 1. The number of imide groups is 1. The molecule has 0 saturated carbocycles. The molecule has 0 radical (unpaired) electrons. The Balaban J connectivity index is 2.41.